The van der Waals surface area contributed by atoms with Gasteiger partial charge in [-0.1, -0.05) is 29.8 Å². The molecule has 0 aliphatic carbocycles. The average molecular weight is 385 g/mol. The van der Waals surface area contributed by atoms with E-state index < -0.39 is 18.0 Å². The fourth-order valence-electron chi connectivity index (χ4n) is 2.53. The van der Waals surface area contributed by atoms with Gasteiger partial charge in [0.1, 0.15) is 5.75 Å². The zero-order valence-electron chi connectivity index (χ0n) is 14.7. The Morgan fingerprint density at radius 2 is 1.93 bits per heavy atom. The van der Waals surface area contributed by atoms with Crippen molar-refractivity contribution in [1.82, 2.24) is 4.98 Å². The first-order valence-corrected chi connectivity index (χ1v) is 8.56. The fourth-order valence-corrected chi connectivity index (χ4v) is 2.79. The van der Waals surface area contributed by atoms with Crippen LogP contribution in [-0.4, -0.2) is 30.1 Å². The second-order valence-electron chi connectivity index (χ2n) is 5.77. The number of amides is 1. The predicted molar refractivity (Wildman–Crippen MR) is 103 cm³/mol. The maximum Gasteiger partial charge on any atom is 0.341 e. The van der Waals surface area contributed by atoms with E-state index in [-0.39, 0.29) is 0 Å². The number of halogens is 1. The van der Waals surface area contributed by atoms with Gasteiger partial charge in [0, 0.05) is 17.3 Å². The molecule has 0 fully saturated rings. The van der Waals surface area contributed by atoms with E-state index in [4.69, 9.17) is 21.1 Å². The number of fused-ring (bicyclic) bond motifs is 1. The number of carbonyl (C=O) groups excluding carboxylic acids is 2. The van der Waals surface area contributed by atoms with Crippen LogP contribution >= 0.6 is 11.6 Å². The topological polar surface area (TPSA) is 77.5 Å². The van der Waals surface area contributed by atoms with Crippen LogP contribution in [0.15, 0.2) is 54.7 Å². The number of aromatic nitrogens is 1. The van der Waals surface area contributed by atoms with Crippen molar-refractivity contribution in [2.45, 2.75) is 13.0 Å². The second-order valence-corrected chi connectivity index (χ2v) is 6.17. The van der Waals surface area contributed by atoms with Crippen LogP contribution < -0.4 is 10.1 Å². The first-order chi connectivity index (χ1) is 13.0. The molecule has 3 rings (SSSR count). The number of rotatable bonds is 5. The van der Waals surface area contributed by atoms with E-state index in [1.807, 2.05) is 12.1 Å². The molecule has 1 heterocycles. The van der Waals surface area contributed by atoms with Crippen LogP contribution in [0.5, 0.6) is 5.75 Å². The van der Waals surface area contributed by atoms with Gasteiger partial charge >= 0.3 is 5.97 Å². The Labute approximate surface area is 161 Å². The summed E-state index contributed by atoms with van der Waals surface area (Å²) in [5.74, 6) is -0.593. The molecule has 0 aliphatic rings. The summed E-state index contributed by atoms with van der Waals surface area (Å²) in [7, 11) is 1.50. The summed E-state index contributed by atoms with van der Waals surface area (Å²) in [6.07, 6.45) is 0.597. The van der Waals surface area contributed by atoms with Crippen LogP contribution in [0.4, 0.5) is 5.69 Å². The minimum absolute atomic E-state index is 0.306. The van der Waals surface area contributed by atoms with Gasteiger partial charge in [-0.25, -0.2) is 4.79 Å². The van der Waals surface area contributed by atoms with Crippen molar-refractivity contribution in [3.8, 4) is 5.75 Å². The van der Waals surface area contributed by atoms with Gasteiger partial charge in [-0.2, -0.15) is 0 Å². The molecule has 0 aliphatic heterocycles. The maximum atomic E-state index is 12.5. The van der Waals surface area contributed by atoms with Gasteiger partial charge in [-0.3, -0.25) is 9.78 Å². The van der Waals surface area contributed by atoms with E-state index in [1.54, 1.807) is 42.6 Å². The Morgan fingerprint density at radius 3 is 2.67 bits per heavy atom. The number of nitrogens with one attached hydrogen (secondary N) is 1. The van der Waals surface area contributed by atoms with Crippen LogP contribution in [0.2, 0.25) is 5.02 Å². The van der Waals surface area contributed by atoms with Crippen LogP contribution in [0.1, 0.15) is 17.3 Å². The second kappa shape index (κ2) is 8.05. The SMILES string of the molecule is COc1ccc(NC(=O)[C@H](C)OC(=O)c2cccc3cccnc23)cc1Cl. The Balaban J connectivity index is 1.70. The number of benzene rings is 2. The fraction of sp³-hybridized carbons (Fsp3) is 0.150. The highest BCUT2D eigenvalue weighted by Gasteiger charge is 2.21. The molecule has 0 bridgehead atoms. The average Bonchev–Trinajstić information content (AvgIpc) is 2.67. The molecule has 0 saturated carbocycles. The molecule has 0 spiro atoms. The zero-order valence-corrected chi connectivity index (χ0v) is 15.5. The monoisotopic (exact) mass is 384 g/mol. The smallest absolute Gasteiger partial charge is 0.341 e. The highest BCUT2D eigenvalue weighted by atomic mass is 35.5. The number of esters is 1. The molecular formula is C20H17ClN2O4. The van der Waals surface area contributed by atoms with Gasteiger partial charge < -0.3 is 14.8 Å². The first kappa shape index (κ1) is 18.7. The van der Waals surface area contributed by atoms with E-state index in [9.17, 15) is 9.59 Å². The molecule has 0 saturated heterocycles. The van der Waals surface area contributed by atoms with Crippen molar-refractivity contribution >= 4 is 40.1 Å². The molecule has 6 nitrogen and oxygen atoms in total. The number of nitrogens with zero attached hydrogens (tertiary/aromatic N) is 1. The number of hydrogen-bond donors (Lipinski definition) is 1. The Morgan fingerprint density at radius 1 is 1.15 bits per heavy atom. The number of ether oxygens (including phenoxy) is 2. The van der Waals surface area contributed by atoms with Crippen molar-refractivity contribution in [3.63, 3.8) is 0 Å². The summed E-state index contributed by atoms with van der Waals surface area (Å²) in [5, 5.41) is 3.84. The van der Waals surface area contributed by atoms with Crippen LogP contribution in [-0.2, 0) is 9.53 Å². The highest BCUT2D eigenvalue weighted by molar-refractivity contribution is 6.32. The minimum atomic E-state index is -1.00. The molecule has 1 amide bonds. The lowest BCUT2D eigenvalue weighted by Gasteiger charge is -2.14. The summed E-state index contributed by atoms with van der Waals surface area (Å²) in [4.78, 5) is 29.0. The number of para-hydroxylation sites is 1. The van der Waals surface area contributed by atoms with E-state index in [0.717, 1.165) is 5.39 Å². The van der Waals surface area contributed by atoms with Crippen molar-refractivity contribution < 1.29 is 19.1 Å². The number of pyridine rings is 1. The van der Waals surface area contributed by atoms with Crippen LogP contribution in [0, 0.1) is 0 Å². The summed E-state index contributed by atoms with van der Waals surface area (Å²) >= 11 is 6.04. The van der Waals surface area contributed by atoms with Gasteiger partial charge in [0.05, 0.1) is 23.2 Å². The maximum absolute atomic E-state index is 12.5. The molecular weight excluding hydrogens is 368 g/mol. The van der Waals surface area contributed by atoms with Crippen molar-refractivity contribution in [1.29, 1.82) is 0 Å². The Kier molecular flexibility index (Phi) is 5.57. The Hall–Kier alpha value is -3.12. The van der Waals surface area contributed by atoms with E-state index >= 15 is 0 Å². The van der Waals surface area contributed by atoms with Gasteiger partial charge in [-0.15, -0.1) is 0 Å². The number of carbonyl (C=O) groups is 2. The number of anilines is 1. The molecule has 2 aromatic carbocycles. The summed E-state index contributed by atoms with van der Waals surface area (Å²) in [6.45, 7) is 1.50. The Bertz CT molecular complexity index is 1000. The first-order valence-electron chi connectivity index (χ1n) is 8.18. The van der Waals surface area contributed by atoms with Crippen molar-refractivity contribution in [3.05, 3.63) is 65.3 Å². The standard InChI is InChI=1S/C20H17ClN2O4/c1-12(19(24)23-14-8-9-17(26-2)16(21)11-14)27-20(25)15-7-3-5-13-6-4-10-22-18(13)15/h3-12H,1-2H3,(H,23,24)/t12-/m0/s1. The highest BCUT2D eigenvalue weighted by Crippen LogP contribution is 2.27. The largest absolute Gasteiger partial charge is 0.495 e. The van der Waals surface area contributed by atoms with Crippen LogP contribution in [0.25, 0.3) is 10.9 Å². The van der Waals surface area contributed by atoms with Gasteiger partial charge in [0.2, 0.25) is 0 Å². The van der Waals surface area contributed by atoms with E-state index in [0.29, 0.717) is 27.5 Å². The van der Waals surface area contributed by atoms with E-state index in [2.05, 4.69) is 10.3 Å². The number of methoxy groups -OCH3 is 1. The lowest BCUT2D eigenvalue weighted by atomic mass is 10.1. The number of hydrogen-bond acceptors (Lipinski definition) is 5. The van der Waals surface area contributed by atoms with Gasteiger partial charge in [0.15, 0.2) is 6.10 Å². The zero-order chi connectivity index (χ0) is 19.4. The molecule has 1 aromatic heterocycles. The van der Waals surface area contributed by atoms with Crippen molar-refractivity contribution in [2.75, 3.05) is 12.4 Å². The van der Waals surface area contributed by atoms with Crippen LogP contribution in [0.3, 0.4) is 0 Å². The summed E-state index contributed by atoms with van der Waals surface area (Å²) < 4.78 is 10.4. The third-order valence-corrected chi connectivity index (χ3v) is 4.22. The molecule has 138 valence electrons. The molecule has 0 radical (unpaired) electrons. The minimum Gasteiger partial charge on any atom is -0.495 e. The third-order valence-electron chi connectivity index (χ3n) is 3.93. The van der Waals surface area contributed by atoms with E-state index in [1.165, 1.54) is 14.0 Å². The predicted octanol–water partition coefficient (Wildman–Crippen LogP) is 4.08. The molecule has 1 atom stereocenters. The van der Waals surface area contributed by atoms with Crippen molar-refractivity contribution in [2.24, 2.45) is 0 Å². The molecule has 0 unspecified atom stereocenters. The quantitative estimate of drug-likeness (QED) is 0.670. The van der Waals surface area contributed by atoms with Gasteiger partial charge in [-0.05, 0) is 37.3 Å². The normalized spacial score (nSPS) is 11.7. The summed E-state index contributed by atoms with van der Waals surface area (Å²) in [6, 6.07) is 13.7. The molecule has 7 heteroatoms. The molecule has 1 N–H and O–H groups in total. The third kappa shape index (κ3) is 4.17. The lowest BCUT2D eigenvalue weighted by Crippen LogP contribution is -2.30. The molecule has 3 aromatic rings. The summed E-state index contributed by atoms with van der Waals surface area (Å²) in [5.41, 5.74) is 1.31. The lowest BCUT2D eigenvalue weighted by molar-refractivity contribution is -0.123. The molecule has 27 heavy (non-hydrogen) atoms. The van der Waals surface area contributed by atoms with Gasteiger partial charge in [0.25, 0.3) is 5.91 Å².